The Morgan fingerprint density at radius 3 is 2.58 bits per heavy atom. The molecule has 2 rings (SSSR count). The fourth-order valence-electron chi connectivity index (χ4n) is 2.08. The van der Waals surface area contributed by atoms with Gasteiger partial charge in [0.05, 0.1) is 18.8 Å². The molecule has 6 nitrogen and oxygen atoms in total. The van der Waals surface area contributed by atoms with Gasteiger partial charge in [-0.1, -0.05) is 18.2 Å². The number of benzene rings is 1. The maximum atomic E-state index is 5.70. The predicted octanol–water partition coefficient (Wildman–Crippen LogP) is 3.00. The smallest absolute Gasteiger partial charge is 0.214 e. The molecule has 1 N–H and O–H groups in total. The van der Waals surface area contributed by atoms with Crippen molar-refractivity contribution in [2.75, 3.05) is 27.2 Å². The molecule has 132 valence electrons. The minimum absolute atomic E-state index is 0. The van der Waals surface area contributed by atoms with E-state index in [1.807, 2.05) is 56.1 Å². The van der Waals surface area contributed by atoms with Crippen LogP contribution < -0.4 is 10.1 Å². The first kappa shape index (κ1) is 20.3. The van der Waals surface area contributed by atoms with Crippen molar-refractivity contribution in [2.45, 2.75) is 20.4 Å². The highest BCUT2D eigenvalue weighted by molar-refractivity contribution is 14.0. The van der Waals surface area contributed by atoms with E-state index in [0.717, 1.165) is 29.7 Å². The van der Waals surface area contributed by atoms with Gasteiger partial charge in [-0.05, 0) is 26.0 Å². The molecular formula is C17H25IN4O2. The SMILES string of the molecule is CN=C(NCc1nc(C)c(C)o1)N(C)CCOc1ccccc1.I. The first-order chi connectivity index (χ1) is 11.1. The van der Waals surface area contributed by atoms with Crippen molar-refractivity contribution in [2.24, 2.45) is 4.99 Å². The van der Waals surface area contributed by atoms with Crippen molar-refractivity contribution in [3.8, 4) is 5.75 Å². The van der Waals surface area contributed by atoms with Gasteiger partial charge in [0.1, 0.15) is 18.1 Å². The quantitative estimate of drug-likeness (QED) is 0.422. The fraction of sp³-hybridized carbons (Fsp3) is 0.412. The van der Waals surface area contributed by atoms with E-state index in [1.165, 1.54) is 0 Å². The summed E-state index contributed by atoms with van der Waals surface area (Å²) in [5, 5.41) is 3.24. The summed E-state index contributed by atoms with van der Waals surface area (Å²) in [5.41, 5.74) is 0.918. The number of hydrogen-bond donors (Lipinski definition) is 1. The molecule has 1 aromatic carbocycles. The molecule has 1 heterocycles. The van der Waals surface area contributed by atoms with Gasteiger partial charge >= 0.3 is 0 Å². The molecule has 0 spiro atoms. The van der Waals surface area contributed by atoms with Crippen LogP contribution in [0.25, 0.3) is 0 Å². The summed E-state index contributed by atoms with van der Waals surface area (Å²) < 4.78 is 11.3. The van der Waals surface area contributed by atoms with E-state index in [2.05, 4.69) is 15.3 Å². The molecule has 0 fully saturated rings. The summed E-state index contributed by atoms with van der Waals surface area (Å²) in [6.07, 6.45) is 0. The number of aromatic nitrogens is 1. The van der Waals surface area contributed by atoms with Crippen LogP contribution in [-0.4, -0.2) is 43.1 Å². The first-order valence-corrected chi connectivity index (χ1v) is 7.62. The van der Waals surface area contributed by atoms with Gasteiger partial charge < -0.3 is 19.4 Å². The molecule has 0 atom stereocenters. The molecule has 24 heavy (non-hydrogen) atoms. The Morgan fingerprint density at radius 2 is 2.00 bits per heavy atom. The lowest BCUT2D eigenvalue weighted by Crippen LogP contribution is -2.40. The van der Waals surface area contributed by atoms with Gasteiger partial charge in [0.15, 0.2) is 5.96 Å². The molecule has 0 radical (unpaired) electrons. The lowest BCUT2D eigenvalue weighted by molar-refractivity contribution is 0.281. The Kier molecular flexibility index (Phi) is 8.59. The van der Waals surface area contributed by atoms with Crippen LogP contribution in [0.3, 0.4) is 0 Å². The van der Waals surface area contributed by atoms with Gasteiger partial charge in [0.25, 0.3) is 0 Å². The highest BCUT2D eigenvalue weighted by atomic mass is 127. The lowest BCUT2D eigenvalue weighted by Gasteiger charge is -2.21. The number of nitrogens with zero attached hydrogens (tertiary/aromatic N) is 3. The molecule has 0 saturated heterocycles. The number of oxazole rings is 1. The van der Waals surface area contributed by atoms with E-state index < -0.39 is 0 Å². The number of halogens is 1. The number of rotatable bonds is 6. The molecule has 0 aliphatic heterocycles. The minimum atomic E-state index is 0. The third kappa shape index (κ3) is 6.03. The molecule has 0 aliphatic rings. The summed E-state index contributed by atoms with van der Waals surface area (Å²) in [6, 6.07) is 9.78. The van der Waals surface area contributed by atoms with Crippen LogP contribution in [0.2, 0.25) is 0 Å². The van der Waals surface area contributed by atoms with Gasteiger partial charge in [0.2, 0.25) is 5.89 Å². The zero-order valence-electron chi connectivity index (χ0n) is 14.6. The number of aliphatic imine (C=N–C) groups is 1. The van der Waals surface area contributed by atoms with Crippen molar-refractivity contribution in [1.29, 1.82) is 0 Å². The second-order valence-corrected chi connectivity index (χ2v) is 5.23. The zero-order valence-corrected chi connectivity index (χ0v) is 16.9. The predicted molar refractivity (Wildman–Crippen MR) is 106 cm³/mol. The highest BCUT2D eigenvalue weighted by Crippen LogP contribution is 2.09. The summed E-state index contributed by atoms with van der Waals surface area (Å²) in [7, 11) is 3.72. The Bertz CT molecular complexity index is 624. The highest BCUT2D eigenvalue weighted by Gasteiger charge is 2.09. The number of likely N-dealkylation sites (N-methyl/N-ethyl adjacent to an activating group) is 1. The lowest BCUT2D eigenvalue weighted by atomic mass is 10.3. The Hall–Kier alpha value is -1.77. The molecule has 0 bridgehead atoms. The minimum Gasteiger partial charge on any atom is -0.492 e. The number of guanidine groups is 1. The molecule has 1 aromatic heterocycles. The second-order valence-electron chi connectivity index (χ2n) is 5.23. The van der Waals surface area contributed by atoms with Crippen molar-refractivity contribution in [3.63, 3.8) is 0 Å². The van der Waals surface area contributed by atoms with Crippen LogP contribution in [0.1, 0.15) is 17.3 Å². The molecule has 0 saturated carbocycles. The third-order valence-corrected chi connectivity index (χ3v) is 3.48. The van der Waals surface area contributed by atoms with E-state index in [1.54, 1.807) is 7.05 Å². The monoisotopic (exact) mass is 444 g/mol. The largest absolute Gasteiger partial charge is 0.492 e. The van der Waals surface area contributed by atoms with Crippen LogP contribution in [-0.2, 0) is 6.54 Å². The Balaban J connectivity index is 0.00000288. The average Bonchev–Trinajstić information content (AvgIpc) is 2.87. The molecule has 0 amide bonds. The molecule has 0 aliphatic carbocycles. The summed E-state index contributed by atoms with van der Waals surface area (Å²) in [4.78, 5) is 10.6. The van der Waals surface area contributed by atoms with Crippen LogP contribution in [0.5, 0.6) is 5.75 Å². The standard InChI is InChI=1S/C17H24N4O2.HI/c1-13-14(2)23-16(20-13)12-19-17(18-3)21(4)10-11-22-15-8-6-5-7-9-15;/h5-9H,10-12H2,1-4H3,(H,18,19);1H. The molecule has 0 unspecified atom stereocenters. The molecule has 7 heteroatoms. The van der Waals surface area contributed by atoms with E-state index in [-0.39, 0.29) is 24.0 Å². The number of ether oxygens (including phenoxy) is 1. The molecule has 2 aromatic rings. The number of hydrogen-bond acceptors (Lipinski definition) is 4. The van der Waals surface area contributed by atoms with Crippen molar-refractivity contribution in [3.05, 3.63) is 47.7 Å². The fourth-order valence-corrected chi connectivity index (χ4v) is 2.08. The van der Waals surface area contributed by atoms with E-state index >= 15 is 0 Å². The van der Waals surface area contributed by atoms with Crippen molar-refractivity contribution >= 4 is 29.9 Å². The van der Waals surface area contributed by atoms with Crippen LogP contribution in [0.15, 0.2) is 39.7 Å². The molecular weight excluding hydrogens is 419 g/mol. The average molecular weight is 444 g/mol. The van der Waals surface area contributed by atoms with Gasteiger partial charge in [-0.3, -0.25) is 4.99 Å². The van der Waals surface area contributed by atoms with Crippen molar-refractivity contribution < 1.29 is 9.15 Å². The van der Waals surface area contributed by atoms with Gasteiger partial charge in [-0.2, -0.15) is 0 Å². The van der Waals surface area contributed by atoms with Crippen LogP contribution >= 0.6 is 24.0 Å². The summed E-state index contributed by atoms with van der Waals surface area (Å²) >= 11 is 0. The van der Waals surface area contributed by atoms with Gasteiger partial charge in [-0.15, -0.1) is 24.0 Å². The Labute approximate surface area is 160 Å². The van der Waals surface area contributed by atoms with E-state index in [0.29, 0.717) is 19.0 Å². The van der Waals surface area contributed by atoms with Gasteiger partial charge in [0, 0.05) is 14.1 Å². The zero-order chi connectivity index (χ0) is 16.7. The Morgan fingerprint density at radius 1 is 1.29 bits per heavy atom. The van der Waals surface area contributed by atoms with E-state index in [4.69, 9.17) is 9.15 Å². The third-order valence-electron chi connectivity index (χ3n) is 3.48. The maximum Gasteiger partial charge on any atom is 0.214 e. The van der Waals surface area contributed by atoms with Crippen molar-refractivity contribution in [1.82, 2.24) is 15.2 Å². The van der Waals surface area contributed by atoms with E-state index in [9.17, 15) is 0 Å². The number of aryl methyl sites for hydroxylation is 2. The second kappa shape index (κ2) is 10.2. The summed E-state index contributed by atoms with van der Waals surface area (Å²) in [5.74, 6) is 3.15. The van der Waals surface area contributed by atoms with Crippen LogP contribution in [0, 0.1) is 13.8 Å². The van der Waals surface area contributed by atoms with Crippen LogP contribution in [0.4, 0.5) is 0 Å². The number of nitrogens with one attached hydrogen (secondary N) is 1. The maximum absolute atomic E-state index is 5.70. The normalized spacial score (nSPS) is 10.9. The summed E-state index contributed by atoms with van der Waals surface area (Å²) in [6.45, 7) is 5.65. The topological polar surface area (TPSA) is 62.9 Å². The van der Waals surface area contributed by atoms with Gasteiger partial charge in [-0.25, -0.2) is 4.98 Å². The first-order valence-electron chi connectivity index (χ1n) is 7.62. The number of para-hydroxylation sites is 1.